The number of amides is 2. The van der Waals surface area contributed by atoms with Crippen molar-refractivity contribution < 1.29 is 14.3 Å². The summed E-state index contributed by atoms with van der Waals surface area (Å²) in [6.45, 7) is 0.420. The summed E-state index contributed by atoms with van der Waals surface area (Å²) >= 11 is 1.25. The van der Waals surface area contributed by atoms with Crippen LogP contribution < -0.4 is 15.4 Å². The SMILES string of the molecule is COc1ccc(CNC(=O)Cc2csc(NC(=O)c3cnccn3)n2)cc1. The Morgan fingerprint density at radius 3 is 2.70 bits per heavy atom. The molecule has 0 saturated heterocycles. The molecular weight excluding hydrogens is 366 g/mol. The molecule has 8 nitrogen and oxygen atoms in total. The highest BCUT2D eigenvalue weighted by molar-refractivity contribution is 7.14. The second-order valence-corrected chi connectivity index (χ2v) is 6.35. The maximum Gasteiger partial charge on any atom is 0.277 e. The van der Waals surface area contributed by atoms with E-state index in [9.17, 15) is 9.59 Å². The van der Waals surface area contributed by atoms with Crippen LogP contribution in [0.1, 0.15) is 21.7 Å². The van der Waals surface area contributed by atoms with Gasteiger partial charge in [0.1, 0.15) is 11.4 Å². The van der Waals surface area contributed by atoms with E-state index in [0.29, 0.717) is 17.4 Å². The second-order valence-electron chi connectivity index (χ2n) is 5.49. The van der Waals surface area contributed by atoms with Crippen molar-refractivity contribution in [1.82, 2.24) is 20.3 Å². The van der Waals surface area contributed by atoms with Gasteiger partial charge in [-0.15, -0.1) is 11.3 Å². The summed E-state index contributed by atoms with van der Waals surface area (Å²) in [7, 11) is 1.61. The molecule has 138 valence electrons. The molecule has 2 N–H and O–H groups in total. The molecule has 0 aliphatic carbocycles. The Kier molecular flexibility index (Phi) is 6.06. The van der Waals surface area contributed by atoms with Crippen molar-refractivity contribution in [2.75, 3.05) is 12.4 Å². The normalized spacial score (nSPS) is 10.3. The number of methoxy groups -OCH3 is 1. The Balaban J connectivity index is 1.49. The van der Waals surface area contributed by atoms with Crippen molar-refractivity contribution in [2.24, 2.45) is 0 Å². The molecule has 0 saturated carbocycles. The highest BCUT2D eigenvalue weighted by atomic mass is 32.1. The number of carbonyl (C=O) groups is 2. The molecule has 0 spiro atoms. The van der Waals surface area contributed by atoms with E-state index in [-0.39, 0.29) is 18.0 Å². The summed E-state index contributed by atoms with van der Waals surface area (Å²) in [4.78, 5) is 36.1. The minimum absolute atomic E-state index is 0.133. The lowest BCUT2D eigenvalue weighted by Gasteiger charge is -2.05. The molecular formula is C18H17N5O3S. The van der Waals surface area contributed by atoms with Crippen molar-refractivity contribution in [3.8, 4) is 5.75 Å². The first-order valence-electron chi connectivity index (χ1n) is 8.05. The van der Waals surface area contributed by atoms with Crippen molar-refractivity contribution in [3.05, 3.63) is 65.2 Å². The standard InChI is InChI=1S/C18H17N5O3S/c1-26-14-4-2-12(3-5-14)9-21-16(24)8-13-11-27-18(22-13)23-17(25)15-10-19-6-7-20-15/h2-7,10-11H,8-9H2,1H3,(H,21,24)(H,22,23,25). The first-order chi connectivity index (χ1) is 13.1. The lowest BCUT2D eigenvalue weighted by atomic mass is 10.2. The quantitative estimate of drug-likeness (QED) is 0.647. The van der Waals surface area contributed by atoms with Gasteiger partial charge in [0.05, 0.1) is 25.4 Å². The fourth-order valence-electron chi connectivity index (χ4n) is 2.19. The first-order valence-corrected chi connectivity index (χ1v) is 8.93. The highest BCUT2D eigenvalue weighted by Crippen LogP contribution is 2.16. The van der Waals surface area contributed by atoms with Gasteiger partial charge in [-0.2, -0.15) is 0 Å². The second kappa shape index (κ2) is 8.86. The number of thiazole rings is 1. The van der Waals surface area contributed by atoms with E-state index in [2.05, 4.69) is 25.6 Å². The van der Waals surface area contributed by atoms with Crippen LogP contribution in [0.2, 0.25) is 0 Å². The zero-order chi connectivity index (χ0) is 19.1. The third-order valence-electron chi connectivity index (χ3n) is 3.56. The topological polar surface area (TPSA) is 106 Å². The molecule has 0 fully saturated rings. The number of anilines is 1. The third-order valence-corrected chi connectivity index (χ3v) is 4.36. The summed E-state index contributed by atoms with van der Waals surface area (Å²) in [5, 5.41) is 7.62. The van der Waals surface area contributed by atoms with Gasteiger partial charge in [-0.3, -0.25) is 19.9 Å². The average Bonchev–Trinajstić information content (AvgIpc) is 3.14. The predicted molar refractivity (Wildman–Crippen MR) is 101 cm³/mol. The zero-order valence-corrected chi connectivity index (χ0v) is 15.3. The number of hydrogen-bond donors (Lipinski definition) is 2. The summed E-state index contributed by atoms with van der Waals surface area (Å²) < 4.78 is 5.10. The van der Waals surface area contributed by atoms with Crippen LogP contribution in [-0.2, 0) is 17.8 Å². The van der Waals surface area contributed by atoms with Gasteiger partial charge in [0, 0.05) is 24.3 Å². The van der Waals surface area contributed by atoms with Gasteiger partial charge in [0.15, 0.2) is 5.13 Å². The largest absolute Gasteiger partial charge is 0.497 e. The Hall–Kier alpha value is -3.33. The Morgan fingerprint density at radius 1 is 1.19 bits per heavy atom. The molecule has 3 aromatic rings. The molecule has 2 aromatic heterocycles. The molecule has 0 aliphatic heterocycles. The fourth-order valence-corrected chi connectivity index (χ4v) is 2.90. The summed E-state index contributed by atoms with van der Waals surface area (Å²) in [6, 6.07) is 7.46. The molecule has 2 amide bonds. The number of aromatic nitrogens is 3. The first kappa shape index (κ1) is 18.5. The van der Waals surface area contributed by atoms with Crippen LogP contribution in [0.4, 0.5) is 5.13 Å². The highest BCUT2D eigenvalue weighted by Gasteiger charge is 2.12. The molecule has 2 heterocycles. The van der Waals surface area contributed by atoms with Crippen LogP contribution in [0.5, 0.6) is 5.75 Å². The molecule has 0 atom stereocenters. The van der Waals surface area contributed by atoms with E-state index in [1.165, 1.54) is 29.9 Å². The number of benzene rings is 1. The zero-order valence-electron chi connectivity index (χ0n) is 14.5. The van der Waals surface area contributed by atoms with E-state index in [1.807, 2.05) is 24.3 Å². The van der Waals surface area contributed by atoms with Gasteiger partial charge in [-0.1, -0.05) is 12.1 Å². The van der Waals surface area contributed by atoms with Crippen LogP contribution in [0.25, 0.3) is 0 Å². The smallest absolute Gasteiger partial charge is 0.277 e. The van der Waals surface area contributed by atoms with Gasteiger partial charge in [0.2, 0.25) is 5.91 Å². The number of carbonyl (C=O) groups excluding carboxylic acids is 2. The molecule has 1 aromatic carbocycles. The van der Waals surface area contributed by atoms with Crippen LogP contribution in [0, 0.1) is 0 Å². The lowest BCUT2D eigenvalue weighted by Crippen LogP contribution is -2.24. The van der Waals surface area contributed by atoms with E-state index in [4.69, 9.17) is 4.74 Å². The van der Waals surface area contributed by atoms with Gasteiger partial charge < -0.3 is 10.1 Å². The molecule has 3 rings (SSSR count). The van der Waals surface area contributed by atoms with Gasteiger partial charge in [-0.25, -0.2) is 9.97 Å². The van der Waals surface area contributed by atoms with E-state index in [1.54, 1.807) is 12.5 Å². The van der Waals surface area contributed by atoms with Crippen LogP contribution in [-0.4, -0.2) is 33.9 Å². The monoisotopic (exact) mass is 383 g/mol. The van der Waals surface area contributed by atoms with E-state index in [0.717, 1.165) is 11.3 Å². The van der Waals surface area contributed by atoms with E-state index < -0.39 is 5.91 Å². The summed E-state index contributed by atoms with van der Waals surface area (Å²) in [5.41, 5.74) is 1.76. The molecule has 9 heteroatoms. The number of rotatable bonds is 7. The average molecular weight is 383 g/mol. The van der Waals surface area contributed by atoms with Gasteiger partial charge >= 0.3 is 0 Å². The maximum atomic E-state index is 12.1. The Labute approximate surface area is 159 Å². The Morgan fingerprint density at radius 2 is 2.00 bits per heavy atom. The van der Waals surface area contributed by atoms with Crippen molar-refractivity contribution in [3.63, 3.8) is 0 Å². The lowest BCUT2D eigenvalue weighted by molar-refractivity contribution is -0.120. The van der Waals surface area contributed by atoms with Gasteiger partial charge in [0.25, 0.3) is 5.91 Å². The molecule has 27 heavy (non-hydrogen) atoms. The van der Waals surface area contributed by atoms with Crippen LogP contribution in [0.15, 0.2) is 48.2 Å². The van der Waals surface area contributed by atoms with Crippen molar-refractivity contribution in [1.29, 1.82) is 0 Å². The number of nitrogens with one attached hydrogen (secondary N) is 2. The van der Waals surface area contributed by atoms with Gasteiger partial charge in [-0.05, 0) is 17.7 Å². The Bertz CT molecular complexity index is 912. The maximum absolute atomic E-state index is 12.1. The molecule has 0 bridgehead atoms. The van der Waals surface area contributed by atoms with E-state index >= 15 is 0 Å². The molecule has 0 unspecified atom stereocenters. The third kappa shape index (κ3) is 5.32. The summed E-state index contributed by atoms with van der Waals surface area (Å²) in [5.74, 6) is 0.222. The number of nitrogens with zero attached hydrogens (tertiary/aromatic N) is 3. The molecule has 0 radical (unpaired) electrons. The van der Waals surface area contributed by atoms with Crippen LogP contribution >= 0.6 is 11.3 Å². The van der Waals surface area contributed by atoms with Crippen molar-refractivity contribution in [2.45, 2.75) is 13.0 Å². The minimum Gasteiger partial charge on any atom is -0.497 e. The predicted octanol–water partition coefficient (Wildman–Crippen LogP) is 2.05. The number of hydrogen-bond acceptors (Lipinski definition) is 7. The number of ether oxygens (including phenoxy) is 1. The van der Waals surface area contributed by atoms with Crippen LogP contribution in [0.3, 0.4) is 0 Å². The molecule has 0 aliphatic rings. The van der Waals surface area contributed by atoms with Crippen molar-refractivity contribution >= 4 is 28.3 Å². The summed E-state index contributed by atoms with van der Waals surface area (Å²) in [6.07, 6.45) is 4.43. The minimum atomic E-state index is -0.395. The fraction of sp³-hybridized carbons (Fsp3) is 0.167.